The Kier molecular flexibility index (Phi) is 5.00. The number of nitrogens with two attached hydrogens (primary N) is 1. The van der Waals surface area contributed by atoms with E-state index >= 15 is 0 Å². The summed E-state index contributed by atoms with van der Waals surface area (Å²) in [7, 11) is 0. The second-order valence-electron chi connectivity index (χ2n) is 5.47. The first-order chi connectivity index (χ1) is 7.50. The van der Waals surface area contributed by atoms with Crippen molar-refractivity contribution in [2.75, 3.05) is 6.61 Å². The van der Waals surface area contributed by atoms with Gasteiger partial charge in [-0.1, -0.05) is 31.4 Å². The van der Waals surface area contributed by atoms with E-state index in [2.05, 4.69) is 33.8 Å². The van der Waals surface area contributed by atoms with Crippen LogP contribution in [-0.2, 0) is 4.74 Å². The quantitative estimate of drug-likeness (QED) is 0.745. The van der Waals surface area contributed by atoms with Gasteiger partial charge >= 0.3 is 0 Å². The normalized spacial score (nSPS) is 32.2. The predicted octanol–water partition coefficient (Wildman–Crippen LogP) is 3.27. The molecule has 1 aliphatic carbocycles. The number of rotatable bonds is 4. The summed E-state index contributed by atoms with van der Waals surface area (Å²) in [5.41, 5.74) is 7.51. The van der Waals surface area contributed by atoms with Crippen molar-refractivity contribution in [3.63, 3.8) is 0 Å². The van der Waals surface area contributed by atoms with Crippen molar-refractivity contribution < 1.29 is 4.74 Å². The SMILES string of the molecule is CCOC1(C(N)C=C(C)C)CCCC(C)C1. The topological polar surface area (TPSA) is 35.2 Å². The maximum absolute atomic E-state index is 6.33. The Labute approximate surface area is 100 Å². The summed E-state index contributed by atoms with van der Waals surface area (Å²) >= 11 is 0. The molecule has 1 fully saturated rings. The zero-order chi connectivity index (χ0) is 12.2. The van der Waals surface area contributed by atoms with Crippen LogP contribution in [0.2, 0.25) is 0 Å². The molecule has 1 saturated carbocycles. The summed E-state index contributed by atoms with van der Waals surface area (Å²) in [5, 5.41) is 0. The van der Waals surface area contributed by atoms with Crippen LogP contribution in [0.15, 0.2) is 11.6 Å². The van der Waals surface area contributed by atoms with E-state index in [0.29, 0.717) is 0 Å². The molecule has 0 aliphatic heterocycles. The number of ether oxygens (including phenoxy) is 1. The van der Waals surface area contributed by atoms with E-state index in [0.717, 1.165) is 25.4 Å². The summed E-state index contributed by atoms with van der Waals surface area (Å²) in [6.07, 6.45) is 6.93. The monoisotopic (exact) mass is 225 g/mol. The lowest BCUT2D eigenvalue weighted by Crippen LogP contribution is -2.52. The van der Waals surface area contributed by atoms with Crippen molar-refractivity contribution in [3.05, 3.63) is 11.6 Å². The van der Waals surface area contributed by atoms with Crippen LogP contribution in [0.4, 0.5) is 0 Å². The maximum atomic E-state index is 6.33. The Morgan fingerprint density at radius 1 is 1.56 bits per heavy atom. The Hall–Kier alpha value is -0.340. The molecule has 2 heteroatoms. The lowest BCUT2D eigenvalue weighted by Gasteiger charge is -2.43. The van der Waals surface area contributed by atoms with E-state index in [1.165, 1.54) is 18.4 Å². The number of allylic oxidation sites excluding steroid dienone is 1. The van der Waals surface area contributed by atoms with Crippen molar-refractivity contribution in [2.24, 2.45) is 11.7 Å². The summed E-state index contributed by atoms with van der Waals surface area (Å²) < 4.78 is 6.03. The molecule has 1 rings (SSSR count). The van der Waals surface area contributed by atoms with Gasteiger partial charge in [0.2, 0.25) is 0 Å². The van der Waals surface area contributed by atoms with E-state index in [1.54, 1.807) is 0 Å². The zero-order valence-electron chi connectivity index (χ0n) is 11.3. The van der Waals surface area contributed by atoms with Crippen LogP contribution >= 0.6 is 0 Å². The highest BCUT2D eigenvalue weighted by molar-refractivity contribution is 5.09. The molecule has 16 heavy (non-hydrogen) atoms. The maximum Gasteiger partial charge on any atom is 0.0870 e. The van der Waals surface area contributed by atoms with Crippen LogP contribution < -0.4 is 5.73 Å². The third-order valence-corrected chi connectivity index (χ3v) is 3.54. The standard InChI is InChI=1S/C14H27NO/c1-5-16-14(13(15)9-11(2)3)8-6-7-12(4)10-14/h9,12-13H,5-8,10,15H2,1-4H3. The molecule has 1 aliphatic rings. The fourth-order valence-corrected chi connectivity index (χ4v) is 2.87. The summed E-state index contributed by atoms with van der Waals surface area (Å²) in [6, 6.07) is 0.0419. The van der Waals surface area contributed by atoms with E-state index < -0.39 is 0 Å². The smallest absolute Gasteiger partial charge is 0.0870 e. The van der Waals surface area contributed by atoms with Gasteiger partial charge in [0, 0.05) is 6.61 Å². The lowest BCUT2D eigenvalue weighted by molar-refractivity contribution is -0.0837. The van der Waals surface area contributed by atoms with Crippen LogP contribution in [0.25, 0.3) is 0 Å². The van der Waals surface area contributed by atoms with Crippen molar-refractivity contribution in [1.82, 2.24) is 0 Å². The highest BCUT2D eigenvalue weighted by atomic mass is 16.5. The van der Waals surface area contributed by atoms with E-state index in [4.69, 9.17) is 10.5 Å². The molecule has 0 aromatic rings. The fraction of sp³-hybridized carbons (Fsp3) is 0.857. The van der Waals surface area contributed by atoms with Crippen molar-refractivity contribution in [1.29, 1.82) is 0 Å². The molecule has 0 bridgehead atoms. The van der Waals surface area contributed by atoms with E-state index in [-0.39, 0.29) is 11.6 Å². The number of hydrogen-bond acceptors (Lipinski definition) is 2. The molecule has 0 spiro atoms. The van der Waals surface area contributed by atoms with Gasteiger partial charge in [-0.25, -0.2) is 0 Å². The van der Waals surface area contributed by atoms with Gasteiger partial charge in [0.15, 0.2) is 0 Å². The van der Waals surface area contributed by atoms with E-state index in [9.17, 15) is 0 Å². The Morgan fingerprint density at radius 2 is 2.25 bits per heavy atom. The highest BCUT2D eigenvalue weighted by Gasteiger charge is 2.39. The van der Waals surface area contributed by atoms with Gasteiger partial charge in [0.25, 0.3) is 0 Å². The first kappa shape index (κ1) is 13.7. The summed E-state index contributed by atoms with van der Waals surface area (Å²) in [5.74, 6) is 0.733. The molecule has 0 saturated heterocycles. The van der Waals surface area contributed by atoms with Crippen LogP contribution in [0, 0.1) is 5.92 Å². The first-order valence-corrected chi connectivity index (χ1v) is 6.54. The average molecular weight is 225 g/mol. The second-order valence-corrected chi connectivity index (χ2v) is 5.47. The van der Waals surface area contributed by atoms with Crippen molar-refractivity contribution in [3.8, 4) is 0 Å². The minimum atomic E-state index is -0.107. The van der Waals surface area contributed by atoms with Crippen LogP contribution in [0.3, 0.4) is 0 Å². The van der Waals surface area contributed by atoms with Crippen LogP contribution in [0.1, 0.15) is 53.4 Å². The van der Waals surface area contributed by atoms with Gasteiger partial charge in [-0.15, -0.1) is 0 Å². The zero-order valence-corrected chi connectivity index (χ0v) is 11.3. The van der Waals surface area contributed by atoms with Gasteiger partial charge in [-0.05, 0) is 39.5 Å². The van der Waals surface area contributed by atoms with Gasteiger partial charge in [-0.3, -0.25) is 0 Å². The lowest BCUT2D eigenvalue weighted by atomic mass is 9.74. The van der Waals surface area contributed by atoms with Gasteiger partial charge in [0.1, 0.15) is 0 Å². The Morgan fingerprint density at radius 3 is 2.75 bits per heavy atom. The molecular weight excluding hydrogens is 198 g/mol. The third kappa shape index (κ3) is 3.33. The number of hydrogen-bond donors (Lipinski definition) is 1. The summed E-state index contributed by atoms with van der Waals surface area (Å²) in [4.78, 5) is 0. The molecule has 0 aromatic carbocycles. The van der Waals surface area contributed by atoms with Crippen molar-refractivity contribution >= 4 is 0 Å². The molecule has 94 valence electrons. The fourth-order valence-electron chi connectivity index (χ4n) is 2.87. The van der Waals surface area contributed by atoms with Crippen molar-refractivity contribution in [2.45, 2.75) is 65.0 Å². The predicted molar refractivity (Wildman–Crippen MR) is 69.4 cm³/mol. The molecule has 0 radical (unpaired) electrons. The molecule has 2 N–H and O–H groups in total. The molecule has 0 heterocycles. The van der Waals surface area contributed by atoms with Crippen LogP contribution in [-0.4, -0.2) is 18.2 Å². The largest absolute Gasteiger partial charge is 0.373 e. The van der Waals surface area contributed by atoms with Crippen LogP contribution in [0.5, 0.6) is 0 Å². The second kappa shape index (κ2) is 5.83. The molecule has 3 unspecified atom stereocenters. The minimum absolute atomic E-state index is 0.0419. The molecule has 3 atom stereocenters. The molecular formula is C14H27NO. The van der Waals surface area contributed by atoms with Gasteiger partial charge < -0.3 is 10.5 Å². The third-order valence-electron chi connectivity index (χ3n) is 3.54. The van der Waals surface area contributed by atoms with Gasteiger partial charge in [-0.2, -0.15) is 0 Å². The Balaban J connectivity index is 2.82. The molecule has 0 amide bonds. The highest BCUT2D eigenvalue weighted by Crippen LogP contribution is 2.37. The summed E-state index contributed by atoms with van der Waals surface area (Å²) in [6.45, 7) is 9.34. The molecule has 2 nitrogen and oxygen atoms in total. The average Bonchev–Trinajstić information content (AvgIpc) is 2.17. The van der Waals surface area contributed by atoms with E-state index in [1.807, 2.05) is 0 Å². The van der Waals surface area contributed by atoms with Gasteiger partial charge in [0.05, 0.1) is 11.6 Å². The first-order valence-electron chi connectivity index (χ1n) is 6.54. The minimum Gasteiger partial charge on any atom is -0.373 e. The Bertz CT molecular complexity index is 241. The molecule has 0 aromatic heterocycles.